The van der Waals surface area contributed by atoms with Crippen molar-refractivity contribution in [2.45, 2.75) is 13.3 Å². The topological polar surface area (TPSA) is 96.6 Å². The lowest BCUT2D eigenvalue weighted by atomic mass is 10.1. The molecule has 0 unspecified atom stereocenters. The van der Waals surface area contributed by atoms with Gasteiger partial charge in [0.1, 0.15) is 24.0 Å². The van der Waals surface area contributed by atoms with Crippen LogP contribution in [0.1, 0.15) is 18.1 Å². The second kappa shape index (κ2) is 11.8. The average molecular weight is 527 g/mol. The number of ether oxygens (including phenoxy) is 3. The summed E-state index contributed by atoms with van der Waals surface area (Å²) in [6.07, 6.45) is 2.24. The molecule has 8 nitrogen and oxygen atoms in total. The normalized spacial score (nSPS) is 15.7. The standard InChI is InChI=1S/C29H26N4O4S/c1-2-35-25-18-21(13-14-24(25)37-16-15-36-22-11-7-4-8-12-22)17-23-27(30)33-29(31-28(23)34)38-26(32-33)19-20-9-5-3-6-10-20/h3-14,17-18,30H,2,15-16,19H2,1H3. The molecule has 5 rings (SSSR count). The van der Waals surface area contributed by atoms with Gasteiger partial charge in [0, 0.05) is 6.42 Å². The molecule has 38 heavy (non-hydrogen) atoms. The van der Waals surface area contributed by atoms with E-state index in [1.807, 2.05) is 73.7 Å². The zero-order valence-corrected chi connectivity index (χ0v) is 21.6. The maximum Gasteiger partial charge on any atom is 0.283 e. The van der Waals surface area contributed by atoms with Gasteiger partial charge in [-0.25, -0.2) is 0 Å². The van der Waals surface area contributed by atoms with Crippen molar-refractivity contribution in [2.24, 2.45) is 10.1 Å². The van der Waals surface area contributed by atoms with Crippen LogP contribution in [0.3, 0.4) is 0 Å². The summed E-state index contributed by atoms with van der Waals surface area (Å²) in [4.78, 5) is 17.0. The molecule has 192 valence electrons. The van der Waals surface area contributed by atoms with Crippen LogP contribution < -0.4 is 14.2 Å². The third-order valence-corrected chi connectivity index (χ3v) is 6.53. The van der Waals surface area contributed by atoms with E-state index in [1.165, 1.54) is 16.8 Å². The molecule has 2 aliphatic heterocycles. The monoisotopic (exact) mass is 526 g/mol. The Morgan fingerprint density at radius 3 is 2.42 bits per heavy atom. The number of nitrogens with one attached hydrogen (secondary N) is 1. The van der Waals surface area contributed by atoms with E-state index in [0.29, 0.717) is 48.5 Å². The van der Waals surface area contributed by atoms with Gasteiger partial charge in [0.25, 0.3) is 5.91 Å². The van der Waals surface area contributed by atoms with E-state index in [4.69, 9.17) is 19.6 Å². The molecule has 1 N–H and O–H groups in total. The molecule has 0 saturated carbocycles. The van der Waals surface area contributed by atoms with E-state index in [9.17, 15) is 4.79 Å². The zero-order chi connectivity index (χ0) is 26.3. The van der Waals surface area contributed by atoms with E-state index in [-0.39, 0.29) is 11.4 Å². The number of amidine groups is 2. The van der Waals surface area contributed by atoms with Crippen molar-refractivity contribution in [1.82, 2.24) is 5.01 Å². The van der Waals surface area contributed by atoms with E-state index < -0.39 is 5.91 Å². The number of fused-ring (bicyclic) bond motifs is 1. The number of hydrazone groups is 1. The molecular formula is C29H26N4O4S. The van der Waals surface area contributed by atoms with Crippen LogP contribution >= 0.6 is 11.8 Å². The highest BCUT2D eigenvalue weighted by Crippen LogP contribution is 2.32. The molecule has 3 aromatic rings. The summed E-state index contributed by atoms with van der Waals surface area (Å²) in [6.45, 7) is 3.06. The molecule has 0 saturated heterocycles. The number of carbonyl (C=O) groups excluding carboxylic acids is 1. The quantitative estimate of drug-likeness (QED) is 0.281. The molecule has 0 atom stereocenters. The molecule has 2 aliphatic rings. The second-order valence-electron chi connectivity index (χ2n) is 8.33. The van der Waals surface area contributed by atoms with Gasteiger partial charge < -0.3 is 14.2 Å². The molecule has 2 heterocycles. The zero-order valence-electron chi connectivity index (χ0n) is 20.8. The number of thioether (sulfide) groups is 1. The van der Waals surface area contributed by atoms with Gasteiger partial charge in [0.05, 0.1) is 12.2 Å². The molecule has 0 fully saturated rings. The molecule has 1 amide bonds. The van der Waals surface area contributed by atoms with Gasteiger partial charge in [-0.15, -0.1) is 0 Å². The van der Waals surface area contributed by atoms with Gasteiger partial charge in [-0.2, -0.15) is 15.1 Å². The molecule has 0 aliphatic carbocycles. The number of hydrogen-bond acceptors (Lipinski definition) is 7. The van der Waals surface area contributed by atoms with Crippen LogP contribution in [0.4, 0.5) is 0 Å². The number of benzene rings is 3. The second-order valence-corrected chi connectivity index (χ2v) is 9.37. The van der Waals surface area contributed by atoms with Gasteiger partial charge in [0.2, 0.25) is 5.17 Å². The highest BCUT2D eigenvalue weighted by Gasteiger charge is 2.35. The summed E-state index contributed by atoms with van der Waals surface area (Å²) in [6, 6.07) is 24.9. The third-order valence-electron chi connectivity index (χ3n) is 5.63. The summed E-state index contributed by atoms with van der Waals surface area (Å²) in [7, 11) is 0. The summed E-state index contributed by atoms with van der Waals surface area (Å²) in [5.41, 5.74) is 1.95. The first-order valence-corrected chi connectivity index (χ1v) is 13.0. The Morgan fingerprint density at radius 1 is 0.921 bits per heavy atom. The van der Waals surface area contributed by atoms with E-state index in [1.54, 1.807) is 18.2 Å². The maximum atomic E-state index is 12.8. The summed E-state index contributed by atoms with van der Waals surface area (Å²) in [5.74, 6) is 1.41. The van der Waals surface area contributed by atoms with Crippen LogP contribution in [0.5, 0.6) is 17.2 Å². The van der Waals surface area contributed by atoms with Crippen LogP contribution in [0.15, 0.2) is 94.5 Å². The Balaban J connectivity index is 1.28. The fourth-order valence-electron chi connectivity index (χ4n) is 3.87. The molecule has 0 aromatic heterocycles. The van der Waals surface area contributed by atoms with E-state index >= 15 is 0 Å². The predicted molar refractivity (Wildman–Crippen MR) is 150 cm³/mol. The van der Waals surface area contributed by atoms with Crippen molar-refractivity contribution in [3.63, 3.8) is 0 Å². The van der Waals surface area contributed by atoms with E-state index in [0.717, 1.165) is 16.4 Å². The lowest BCUT2D eigenvalue weighted by Crippen LogP contribution is -2.35. The minimum absolute atomic E-state index is 0.00749. The average Bonchev–Trinajstić information content (AvgIpc) is 3.33. The Labute approximate surface area is 225 Å². The van der Waals surface area contributed by atoms with Gasteiger partial charge in [-0.05, 0) is 60.2 Å². The minimum atomic E-state index is -0.471. The number of para-hydroxylation sites is 1. The van der Waals surface area contributed by atoms with Crippen molar-refractivity contribution < 1.29 is 19.0 Å². The van der Waals surface area contributed by atoms with Crippen molar-refractivity contribution >= 4 is 39.8 Å². The van der Waals surface area contributed by atoms with Crippen molar-refractivity contribution in [2.75, 3.05) is 19.8 Å². The Kier molecular flexibility index (Phi) is 7.84. The largest absolute Gasteiger partial charge is 0.490 e. The summed E-state index contributed by atoms with van der Waals surface area (Å²) in [5, 5.41) is 15.8. The first-order chi connectivity index (χ1) is 18.6. The number of hydrogen-bond donors (Lipinski definition) is 1. The third kappa shape index (κ3) is 5.95. The molecule has 0 radical (unpaired) electrons. The van der Waals surface area contributed by atoms with Crippen LogP contribution in [-0.2, 0) is 11.2 Å². The highest BCUT2D eigenvalue weighted by molar-refractivity contribution is 8.26. The molecule has 0 bridgehead atoms. The van der Waals surface area contributed by atoms with Crippen molar-refractivity contribution in [3.8, 4) is 17.2 Å². The summed E-state index contributed by atoms with van der Waals surface area (Å²) < 4.78 is 17.3. The minimum Gasteiger partial charge on any atom is -0.490 e. The first kappa shape index (κ1) is 25.3. The maximum absolute atomic E-state index is 12.8. The molecule has 9 heteroatoms. The summed E-state index contributed by atoms with van der Waals surface area (Å²) >= 11 is 1.31. The fraction of sp³-hybridized carbons (Fsp3) is 0.172. The van der Waals surface area contributed by atoms with Crippen LogP contribution in [-0.4, -0.2) is 46.8 Å². The molecule has 3 aromatic carbocycles. The van der Waals surface area contributed by atoms with Crippen molar-refractivity contribution in [1.29, 1.82) is 5.41 Å². The smallest absolute Gasteiger partial charge is 0.283 e. The Morgan fingerprint density at radius 2 is 1.66 bits per heavy atom. The fourth-order valence-corrected chi connectivity index (χ4v) is 4.79. The van der Waals surface area contributed by atoms with Gasteiger partial charge in [-0.1, -0.05) is 54.6 Å². The number of nitrogens with zero attached hydrogens (tertiary/aromatic N) is 3. The van der Waals surface area contributed by atoms with Gasteiger partial charge in [-0.3, -0.25) is 10.2 Å². The van der Waals surface area contributed by atoms with Crippen LogP contribution in [0.25, 0.3) is 6.08 Å². The molecular weight excluding hydrogens is 500 g/mol. The highest BCUT2D eigenvalue weighted by atomic mass is 32.2. The molecule has 0 spiro atoms. The predicted octanol–water partition coefficient (Wildman–Crippen LogP) is 5.40. The lowest BCUT2D eigenvalue weighted by Gasteiger charge is -2.20. The lowest BCUT2D eigenvalue weighted by molar-refractivity contribution is -0.114. The van der Waals surface area contributed by atoms with Gasteiger partial charge >= 0.3 is 0 Å². The van der Waals surface area contributed by atoms with E-state index in [2.05, 4.69) is 10.1 Å². The number of carbonyl (C=O) groups is 1. The van der Waals surface area contributed by atoms with Gasteiger partial charge in [0.15, 0.2) is 17.3 Å². The SMILES string of the molecule is CCOc1cc(C=C2C(=N)N3N=C(Cc4ccccc4)SC3=NC2=O)ccc1OCCOc1ccccc1. The number of aliphatic imine (C=N–C) groups is 1. The van der Waals surface area contributed by atoms with Crippen LogP contribution in [0.2, 0.25) is 0 Å². The Bertz CT molecular complexity index is 1420. The first-order valence-electron chi connectivity index (χ1n) is 12.2. The van der Waals surface area contributed by atoms with Crippen molar-refractivity contribution in [3.05, 3.63) is 95.6 Å². The Hall–Kier alpha value is -4.37. The van der Waals surface area contributed by atoms with Crippen LogP contribution in [0, 0.1) is 5.41 Å². The number of amides is 1. The number of rotatable bonds is 10.